The van der Waals surface area contributed by atoms with Crippen LogP contribution < -0.4 is 11.1 Å². The monoisotopic (exact) mass is 349 g/mol. The van der Waals surface area contributed by atoms with Crippen LogP contribution in [0.1, 0.15) is 25.3 Å². The van der Waals surface area contributed by atoms with Crippen molar-refractivity contribution in [2.24, 2.45) is 17.6 Å². The molecule has 24 heavy (non-hydrogen) atoms. The van der Waals surface area contributed by atoms with Crippen molar-refractivity contribution in [2.45, 2.75) is 26.3 Å². The van der Waals surface area contributed by atoms with Gasteiger partial charge in [0.2, 0.25) is 11.8 Å². The molecular formula is C18H27N3O2S. The van der Waals surface area contributed by atoms with Crippen LogP contribution in [0.2, 0.25) is 0 Å². The Morgan fingerprint density at radius 1 is 1.42 bits per heavy atom. The zero-order chi connectivity index (χ0) is 17.5. The molecule has 0 saturated carbocycles. The molecule has 0 aromatic heterocycles. The lowest BCUT2D eigenvalue weighted by Gasteiger charge is -2.31. The van der Waals surface area contributed by atoms with Gasteiger partial charge >= 0.3 is 0 Å². The number of para-hydroxylation sites is 1. The number of carbonyl (C=O) groups excluding carboxylic acids is 2. The fourth-order valence-corrected chi connectivity index (χ4v) is 3.69. The molecule has 2 rings (SSSR count). The molecule has 1 aliphatic rings. The first kappa shape index (κ1) is 18.8. The van der Waals surface area contributed by atoms with Crippen molar-refractivity contribution in [1.29, 1.82) is 0 Å². The predicted molar refractivity (Wildman–Crippen MR) is 99.8 cm³/mol. The number of hydrogen-bond acceptors (Lipinski definition) is 4. The van der Waals surface area contributed by atoms with E-state index in [0.717, 1.165) is 42.9 Å². The maximum absolute atomic E-state index is 12.3. The maximum Gasteiger partial charge on any atom is 0.228 e. The van der Waals surface area contributed by atoms with Crippen molar-refractivity contribution < 1.29 is 9.59 Å². The molecule has 1 aliphatic heterocycles. The lowest BCUT2D eigenvalue weighted by atomic mass is 9.97. The number of hydrogen-bond donors (Lipinski definition) is 2. The molecule has 0 unspecified atom stereocenters. The summed E-state index contributed by atoms with van der Waals surface area (Å²) in [5.41, 5.74) is 7.39. The van der Waals surface area contributed by atoms with E-state index in [1.807, 2.05) is 37.4 Å². The fraction of sp³-hybridized carbons (Fsp3) is 0.556. The van der Waals surface area contributed by atoms with Gasteiger partial charge in [0.25, 0.3) is 0 Å². The van der Waals surface area contributed by atoms with Gasteiger partial charge in [-0.1, -0.05) is 25.1 Å². The molecule has 0 bridgehead atoms. The topological polar surface area (TPSA) is 75.4 Å². The van der Waals surface area contributed by atoms with Crippen molar-refractivity contribution in [1.82, 2.24) is 4.90 Å². The van der Waals surface area contributed by atoms with Crippen molar-refractivity contribution in [3.8, 4) is 0 Å². The molecule has 2 atom stereocenters. The van der Waals surface area contributed by atoms with Gasteiger partial charge in [0.15, 0.2) is 0 Å². The number of nitrogens with zero attached hydrogens (tertiary/aromatic N) is 1. The van der Waals surface area contributed by atoms with E-state index < -0.39 is 0 Å². The van der Waals surface area contributed by atoms with Crippen LogP contribution in [-0.2, 0) is 16.1 Å². The van der Waals surface area contributed by atoms with Crippen LogP contribution >= 0.6 is 11.8 Å². The Balaban J connectivity index is 2.03. The SMILES string of the molecule is CSC[C@H](C)C(=O)Nc1ccccc1CN1CCC[C@H](C(N)=O)C1. The van der Waals surface area contributed by atoms with E-state index in [0.29, 0.717) is 6.54 Å². The Labute approximate surface area is 148 Å². The van der Waals surface area contributed by atoms with Gasteiger partial charge in [0, 0.05) is 30.4 Å². The first-order valence-electron chi connectivity index (χ1n) is 8.40. The number of thioether (sulfide) groups is 1. The minimum atomic E-state index is -0.216. The Bertz CT molecular complexity index is 579. The summed E-state index contributed by atoms with van der Waals surface area (Å²) in [5.74, 6) is 0.544. The van der Waals surface area contributed by atoms with Gasteiger partial charge in [-0.15, -0.1) is 0 Å². The molecule has 0 aliphatic carbocycles. The number of rotatable bonds is 7. The molecule has 2 amide bonds. The standard InChI is InChI=1S/C18H27N3O2S/c1-13(12-24-2)18(23)20-16-8-4-3-6-14(16)10-21-9-5-7-15(11-21)17(19)22/h3-4,6,8,13,15H,5,7,9-12H2,1-2H3,(H2,19,22)(H,20,23)/t13-,15-/m0/s1. The minimum absolute atomic E-state index is 0.0257. The summed E-state index contributed by atoms with van der Waals surface area (Å²) in [5, 5.41) is 3.05. The minimum Gasteiger partial charge on any atom is -0.369 e. The third kappa shape index (κ3) is 5.24. The first-order chi connectivity index (χ1) is 11.5. The quantitative estimate of drug-likeness (QED) is 0.792. The predicted octanol–water partition coefficient (Wildman–Crippen LogP) is 2.32. The molecule has 3 N–H and O–H groups in total. The molecule has 1 heterocycles. The van der Waals surface area contributed by atoms with Gasteiger partial charge in [0.05, 0.1) is 5.92 Å². The van der Waals surface area contributed by atoms with E-state index in [4.69, 9.17) is 5.73 Å². The van der Waals surface area contributed by atoms with E-state index in [1.54, 1.807) is 11.8 Å². The second-order valence-corrected chi connectivity index (χ2v) is 7.39. The van der Waals surface area contributed by atoms with Gasteiger partial charge in [-0.3, -0.25) is 14.5 Å². The summed E-state index contributed by atoms with van der Waals surface area (Å²) >= 11 is 1.67. The number of primary amides is 1. The molecule has 1 aromatic rings. The molecule has 0 radical (unpaired) electrons. The number of carbonyl (C=O) groups is 2. The largest absolute Gasteiger partial charge is 0.369 e. The summed E-state index contributed by atoms with van der Waals surface area (Å²) in [6, 6.07) is 7.88. The zero-order valence-electron chi connectivity index (χ0n) is 14.5. The number of likely N-dealkylation sites (tertiary alicyclic amines) is 1. The molecule has 0 spiro atoms. The van der Waals surface area contributed by atoms with Crippen LogP contribution in [0.25, 0.3) is 0 Å². The van der Waals surface area contributed by atoms with Gasteiger partial charge in [-0.2, -0.15) is 11.8 Å². The number of benzene rings is 1. The van der Waals surface area contributed by atoms with E-state index in [1.165, 1.54) is 0 Å². The van der Waals surface area contributed by atoms with Gasteiger partial charge in [-0.25, -0.2) is 0 Å². The molecular weight excluding hydrogens is 322 g/mol. The van der Waals surface area contributed by atoms with Crippen LogP contribution in [0.15, 0.2) is 24.3 Å². The average molecular weight is 350 g/mol. The molecule has 1 fully saturated rings. The third-order valence-corrected chi connectivity index (χ3v) is 5.27. The molecule has 132 valence electrons. The van der Waals surface area contributed by atoms with Crippen LogP contribution in [0.5, 0.6) is 0 Å². The summed E-state index contributed by atoms with van der Waals surface area (Å²) in [4.78, 5) is 26.0. The summed E-state index contributed by atoms with van der Waals surface area (Å²) < 4.78 is 0. The van der Waals surface area contributed by atoms with Gasteiger partial charge < -0.3 is 11.1 Å². The Morgan fingerprint density at radius 3 is 2.88 bits per heavy atom. The highest BCUT2D eigenvalue weighted by Crippen LogP contribution is 2.22. The van der Waals surface area contributed by atoms with Crippen molar-refractivity contribution >= 4 is 29.3 Å². The van der Waals surface area contributed by atoms with E-state index in [2.05, 4.69) is 10.2 Å². The maximum atomic E-state index is 12.3. The average Bonchev–Trinajstić information content (AvgIpc) is 2.57. The summed E-state index contributed by atoms with van der Waals surface area (Å²) in [7, 11) is 0. The molecule has 5 nitrogen and oxygen atoms in total. The van der Waals surface area contributed by atoms with Gasteiger partial charge in [0.1, 0.15) is 0 Å². The van der Waals surface area contributed by atoms with Crippen LogP contribution in [0, 0.1) is 11.8 Å². The van der Waals surface area contributed by atoms with E-state index in [9.17, 15) is 9.59 Å². The Morgan fingerprint density at radius 2 is 2.17 bits per heavy atom. The Kier molecular flexibility index (Phi) is 7.12. The summed E-state index contributed by atoms with van der Waals surface area (Å²) in [6.07, 6.45) is 3.85. The second kappa shape index (κ2) is 9.08. The molecule has 1 saturated heterocycles. The highest BCUT2D eigenvalue weighted by atomic mass is 32.2. The number of nitrogens with two attached hydrogens (primary N) is 1. The lowest BCUT2D eigenvalue weighted by Crippen LogP contribution is -2.40. The zero-order valence-corrected chi connectivity index (χ0v) is 15.3. The lowest BCUT2D eigenvalue weighted by molar-refractivity contribution is -0.123. The summed E-state index contributed by atoms with van der Waals surface area (Å²) in [6.45, 7) is 4.31. The highest BCUT2D eigenvalue weighted by Gasteiger charge is 2.24. The second-order valence-electron chi connectivity index (χ2n) is 6.48. The third-order valence-electron chi connectivity index (χ3n) is 4.44. The number of amides is 2. The Hall–Kier alpha value is -1.53. The number of nitrogens with one attached hydrogen (secondary N) is 1. The molecule has 1 aromatic carbocycles. The fourth-order valence-electron chi connectivity index (χ4n) is 3.03. The normalized spacial score (nSPS) is 19.7. The molecule has 6 heteroatoms. The van der Waals surface area contributed by atoms with Crippen molar-refractivity contribution in [3.63, 3.8) is 0 Å². The van der Waals surface area contributed by atoms with E-state index in [-0.39, 0.29) is 23.7 Å². The number of piperidine rings is 1. The van der Waals surface area contributed by atoms with Gasteiger partial charge in [-0.05, 0) is 37.3 Å². The van der Waals surface area contributed by atoms with Crippen LogP contribution in [-0.4, -0.2) is 41.8 Å². The number of anilines is 1. The highest BCUT2D eigenvalue weighted by molar-refractivity contribution is 7.98. The van der Waals surface area contributed by atoms with Crippen molar-refractivity contribution in [2.75, 3.05) is 30.4 Å². The van der Waals surface area contributed by atoms with E-state index >= 15 is 0 Å². The smallest absolute Gasteiger partial charge is 0.228 e. The van der Waals surface area contributed by atoms with Crippen LogP contribution in [0.4, 0.5) is 5.69 Å². The first-order valence-corrected chi connectivity index (χ1v) is 9.80. The van der Waals surface area contributed by atoms with Crippen molar-refractivity contribution in [3.05, 3.63) is 29.8 Å². The van der Waals surface area contributed by atoms with Crippen LogP contribution in [0.3, 0.4) is 0 Å².